The van der Waals surface area contributed by atoms with Gasteiger partial charge in [0, 0.05) is 18.8 Å². The number of halogens is 1. The molecule has 3 rings (SSSR count). The highest BCUT2D eigenvalue weighted by atomic mass is 32.1. The molecule has 1 amide bonds. The van der Waals surface area contributed by atoms with Gasteiger partial charge in [0.15, 0.2) is 0 Å². The lowest BCUT2D eigenvalue weighted by Gasteiger charge is -2.11. The van der Waals surface area contributed by atoms with Crippen LogP contribution in [0.4, 0.5) is 10.1 Å². The van der Waals surface area contributed by atoms with E-state index in [1.54, 1.807) is 0 Å². The number of likely N-dealkylation sites (tertiary alicyclic amines) is 1. The van der Waals surface area contributed by atoms with Gasteiger partial charge in [-0.3, -0.25) is 9.69 Å². The first-order valence-corrected chi connectivity index (χ1v) is 7.71. The number of nitrogens with zero attached hydrogens (tertiary/aromatic N) is 3. The van der Waals surface area contributed by atoms with Crippen molar-refractivity contribution in [3.8, 4) is 0 Å². The fourth-order valence-corrected chi connectivity index (χ4v) is 3.05. The molecule has 1 aliphatic heterocycles. The minimum atomic E-state index is -0.364. The van der Waals surface area contributed by atoms with Gasteiger partial charge in [0.05, 0.1) is 12.6 Å². The van der Waals surface area contributed by atoms with Crippen LogP contribution in [0.1, 0.15) is 21.2 Å². The van der Waals surface area contributed by atoms with Crippen LogP contribution in [0, 0.1) is 5.82 Å². The molecular weight excluding hydrogens is 307 g/mol. The highest BCUT2D eigenvalue weighted by molar-refractivity contribution is 7.13. The zero-order valence-electron chi connectivity index (χ0n) is 11.7. The van der Waals surface area contributed by atoms with Crippen molar-refractivity contribution >= 4 is 22.9 Å². The Balaban J connectivity index is 1.60. The van der Waals surface area contributed by atoms with Gasteiger partial charge in [-0.15, -0.1) is 10.2 Å². The van der Waals surface area contributed by atoms with Crippen molar-refractivity contribution in [1.82, 2.24) is 15.1 Å². The van der Waals surface area contributed by atoms with E-state index in [1.807, 2.05) is 0 Å². The summed E-state index contributed by atoms with van der Waals surface area (Å²) < 4.78 is 12.8. The third-order valence-electron chi connectivity index (χ3n) is 3.37. The van der Waals surface area contributed by atoms with Crippen LogP contribution in [0.2, 0.25) is 0 Å². The van der Waals surface area contributed by atoms with Crippen molar-refractivity contribution in [2.45, 2.75) is 19.1 Å². The molecule has 0 radical (unpaired) electrons. The van der Waals surface area contributed by atoms with E-state index in [9.17, 15) is 14.3 Å². The highest BCUT2D eigenvalue weighted by Crippen LogP contribution is 2.18. The lowest BCUT2D eigenvalue weighted by atomic mass is 10.3. The third-order valence-corrected chi connectivity index (χ3v) is 4.28. The van der Waals surface area contributed by atoms with Crippen molar-refractivity contribution in [3.63, 3.8) is 0 Å². The van der Waals surface area contributed by atoms with Gasteiger partial charge in [0.1, 0.15) is 10.8 Å². The van der Waals surface area contributed by atoms with E-state index in [-0.39, 0.29) is 22.8 Å². The smallest absolute Gasteiger partial charge is 0.286 e. The molecule has 2 heterocycles. The van der Waals surface area contributed by atoms with Crippen LogP contribution < -0.4 is 5.32 Å². The van der Waals surface area contributed by atoms with Crippen molar-refractivity contribution in [2.24, 2.45) is 0 Å². The standard InChI is InChI=1S/C14H15FN4O2S/c15-9-1-3-10(4-2-9)16-13(21)14-18-17-12(22-14)8-19-6-5-11(20)7-19/h1-4,11,20H,5-8H2,(H,16,21)/t11-/m1/s1. The summed E-state index contributed by atoms with van der Waals surface area (Å²) in [6.45, 7) is 2.02. The first-order chi connectivity index (χ1) is 10.6. The summed E-state index contributed by atoms with van der Waals surface area (Å²) in [4.78, 5) is 14.1. The second-order valence-electron chi connectivity index (χ2n) is 5.14. The third kappa shape index (κ3) is 3.65. The molecule has 1 atom stereocenters. The minimum absolute atomic E-state index is 0.263. The van der Waals surface area contributed by atoms with E-state index in [4.69, 9.17) is 0 Å². The number of benzene rings is 1. The Bertz CT molecular complexity index is 661. The van der Waals surface area contributed by atoms with Crippen molar-refractivity contribution in [2.75, 3.05) is 18.4 Å². The van der Waals surface area contributed by atoms with Crippen LogP contribution in [0.15, 0.2) is 24.3 Å². The highest BCUT2D eigenvalue weighted by Gasteiger charge is 2.22. The molecule has 1 aliphatic rings. The molecule has 1 aromatic carbocycles. The summed E-state index contributed by atoms with van der Waals surface area (Å²) in [6, 6.07) is 5.53. The topological polar surface area (TPSA) is 78.4 Å². The lowest BCUT2D eigenvalue weighted by molar-refractivity contribution is 0.102. The summed E-state index contributed by atoms with van der Waals surface area (Å²) in [5.74, 6) is -0.721. The summed E-state index contributed by atoms with van der Waals surface area (Å²) in [5.41, 5.74) is 0.505. The summed E-state index contributed by atoms with van der Waals surface area (Å²) in [6.07, 6.45) is 0.477. The van der Waals surface area contributed by atoms with Gasteiger partial charge in [0.25, 0.3) is 5.91 Å². The first-order valence-electron chi connectivity index (χ1n) is 6.90. The largest absolute Gasteiger partial charge is 0.392 e. The number of carbonyl (C=O) groups is 1. The molecule has 2 aromatic rings. The van der Waals surface area contributed by atoms with Crippen LogP contribution in [0.5, 0.6) is 0 Å². The number of aromatic nitrogens is 2. The molecule has 0 aliphatic carbocycles. The van der Waals surface area contributed by atoms with Gasteiger partial charge in [-0.25, -0.2) is 4.39 Å². The van der Waals surface area contributed by atoms with Crippen molar-refractivity contribution in [1.29, 1.82) is 0 Å². The number of hydrogen-bond acceptors (Lipinski definition) is 6. The van der Waals surface area contributed by atoms with E-state index in [2.05, 4.69) is 20.4 Å². The Morgan fingerprint density at radius 2 is 2.18 bits per heavy atom. The summed E-state index contributed by atoms with van der Waals surface area (Å²) >= 11 is 1.22. The Morgan fingerprint density at radius 1 is 1.41 bits per heavy atom. The molecule has 8 heteroatoms. The molecule has 0 unspecified atom stereocenters. The average molecular weight is 322 g/mol. The molecule has 0 bridgehead atoms. The number of rotatable bonds is 4. The van der Waals surface area contributed by atoms with Gasteiger partial charge >= 0.3 is 0 Å². The summed E-state index contributed by atoms with van der Waals surface area (Å²) in [7, 11) is 0. The molecule has 1 saturated heterocycles. The summed E-state index contributed by atoms with van der Waals surface area (Å²) in [5, 5.41) is 21.0. The first kappa shape index (κ1) is 15.0. The van der Waals surface area contributed by atoms with Crippen LogP contribution in [0.3, 0.4) is 0 Å². The minimum Gasteiger partial charge on any atom is -0.392 e. The van der Waals surface area contributed by atoms with Crippen LogP contribution >= 0.6 is 11.3 Å². The lowest BCUT2D eigenvalue weighted by Crippen LogP contribution is -2.21. The predicted molar refractivity (Wildman–Crippen MR) is 80.2 cm³/mol. The number of anilines is 1. The molecule has 22 heavy (non-hydrogen) atoms. The molecule has 2 N–H and O–H groups in total. The molecule has 116 valence electrons. The number of β-amino-alcohol motifs (C(OH)–C–C–N with tert-alkyl or cyclic N) is 1. The van der Waals surface area contributed by atoms with E-state index in [0.29, 0.717) is 18.8 Å². The van der Waals surface area contributed by atoms with Gasteiger partial charge in [0.2, 0.25) is 5.01 Å². The molecule has 0 saturated carbocycles. The normalized spacial score (nSPS) is 18.5. The van der Waals surface area contributed by atoms with Gasteiger partial charge < -0.3 is 10.4 Å². The molecule has 1 fully saturated rings. The Labute approximate surface area is 130 Å². The Hall–Kier alpha value is -1.90. The van der Waals surface area contributed by atoms with Crippen LogP contribution in [-0.2, 0) is 6.54 Å². The maximum absolute atomic E-state index is 12.8. The number of carbonyl (C=O) groups excluding carboxylic acids is 1. The number of nitrogens with one attached hydrogen (secondary N) is 1. The van der Waals surface area contributed by atoms with Crippen molar-refractivity contribution in [3.05, 3.63) is 40.1 Å². The quantitative estimate of drug-likeness (QED) is 0.892. The maximum Gasteiger partial charge on any atom is 0.286 e. The predicted octanol–water partition coefficient (Wildman–Crippen LogP) is 1.50. The average Bonchev–Trinajstić information content (AvgIpc) is 3.11. The van der Waals surface area contributed by atoms with E-state index >= 15 is 0 Å². The van der Waals surface area contributed by atoms with Gasteiger partial charge in [-0.1, -0.05) is 11.3 Å². The van der Waals surface area contributed by atoms with E-state index in [0.717, 1.165) is 18.0 Å². The zero-order chi connectivity index (χ0) is 15.5. The van der Waals surface area contributed by atoms with E-state index < -0.39 is 0 Å². The fourth-order valence-electron chi connectivity index (χ4n) is 2.27. The molecular formula is C14H15FN4O2S. The van der Waals surface area contributed by atoms with Crippen LogP contribution in [0.25, 0.3) is 0 Å². The number of aliphatic hydroxyl groups excluding tert-OH is 1. The molecule has 0 spiro atoms. The Kier molecular flexibility index (Phi) is 4.41. The zero-order valence-corrected chi connectivity index (χ0v) is 12.5. The van der Waals surface area contributed by atoms with Gasteiger partial charge in [-0.05, 0) is 30.7 Å². The fraction of sp³-hybridized carbons (Fsp3) is 0.357. The number of aliphatic hydroxyl groups is 1. The monoisotopic (exact) mass is 322 g/mol. The Morgan fingerprint density at radius 3 is 2.86 bits per heavy atom. The number of hydrogen-bond donors (Lipinski definition) is 2. The van der Waals surface area contributed by atoms with Crippen molar-refractivity contribution < 1.29 is 14.3 Å². The number of amides is 1. The molecule has 6 nitrogen and oxygen atoms in total. The van der Waals surface area contributed by atoms with E-state index in [1.165, 1.54) is 35.6 Å². The van der Waals surface area contributed by atoms with Crippen LogP contribution in [-0.4, -0.2) is 45.3 Å². The maximum atomic E-state index is 12.8. The van der Waals surface area contributed by atoms with Gasteiger partial charge in [-0.2, -0.15) is 0 Å². The molecule has 1 aromatic heterocycles. The second-order valence-corrected chi connectivity index (χ2v) is 6.20. The second kappa shape index (κ2) is 6.47. The SMILES string of the molecule is O=C(Nc1ccc(F)cc1)c1nnc(CN2CC[C@@H](O)C2)s1.